The van der Waals surface area contributed by atoms with Gasteiger partial charge in [-0.25, -0.2) is 0 Å². The van der Waals surface area contributed by atoms with Crippen LogP contribution in [0, 0.1) is 5.92 Å². The van der Waals surface area contributed by atoms with Gasteiger partial charge in [-0.1, -0.05) is 34.1 Å². The minimum atomic E-state index is -0.100. The molecule has 0 heterocycles. The van der Waals surface area contributed by atoms with E-state index in [9.17, 15) is 5.11 Å². The first-order valence-corrected chi connectivity index (χ1v) is 8.01. The molecule has 1 unspecified atom stereocenters. The van der Waals surface area contributed by atoms with Crippen molar-refractivity contribution in [2.75, 3.05) is 18.1 Å². The van der Waals surface area contributed by atoms with Crippen LogP contribution in [0.2, 0.25) is 0 Å². The van der Waals surface area contributed by atoms with Crippen molar-refractivity contribution in [3.05, 3.63) is 0 Å². The van der Waals surface area contributed by atoms with Gasteiger partial charge in [-0.05, 0) is 37.2 Å². The van der Waals surface area contributed by atoms with Gasteiger partial charge in [0, 0.05) is 11.6 Å². The molecule has 0 aliphatic rings. The summed E-state index contributed by atoms with van der Waals surface area (Å²) in [7, 11) is 0. The van der Waals surface area contributed by atoms with Crippen molar-refractivity contribution < 1.29 is 5.11 Å². The summed E-state index contributed by atoms with van der Waals surface area (Å²) in [4.78, 5) is 0. The average molecular weight is 261 g/mol. The molecule has 0 amide bonds. The molecule has 0 saturated carbocycles. The predicted octanol–water partition coefficient (Wildman–Crippen LogP) is 3.29. The Hall–Kier alpha value is 0.270. The molecule has 0 rings (SSSR count). The number of aliphatic hydroxyl groups excluding tert-OH is 1. The first kappa shape index (κ1) is 17.3. The monoisotopic (exact) mass is 261 g/mol. The molecule has 17 heavy (non-hydrogen) atoms. The maximum Gasteiger partial charge on any atom is 0.0610 e. The first-order valence-electron chi connectivity index (χ1n) is 6.86. The Bertz CT molecular complexity index is 185. The summed E-state index contributed by atoms with van der Waals surface area (Å²) in [5, 5.41) is 12.9. The van der Waals surface area contributed by atoms with Crippen LogP contribution in [-0.2, 0) is 0 Å². The van der Waals surface area contributed by atoms with Gasteiger partial charge in [0.05, 0.1) is 6.61 Å². The Labute approximate surface area is 112 Å². The number of aliphatic hydroxyl groups is 1. The van der Waals surface area contributed by atoms with E-state index in [-0.39, 0.29) is 12.1 Å². The number of unbranched alkanes of at least 4 members (excludes halogenated alkanes) is 1. The Morgan fingerprint density at radius 3 is 2.29 bits per heavy atom. The Morgan fingerprint density at radius 1 is 1.18 bits per heavy atom. The molecule has 0 saturated heterocycles. The van der Waals surface area contributed by atoms with Crippen LogP contribution in [-0.4, -0.2) is 34.8 Å². The number of rotatable bonds is 10. The summed E-state index contributed by atoms with van der Waals surface area (Å²) in [6.45, 7) is 11.1. The summed E-state index contributed by atoms with van der Waals surface area (Å²) in [5.41, 5.74) is -0.100. The van der Waals surface area contributed by atoms with Crippen LogP contribution in [0.4, 0.5) is 0 Å². The normalized spacial score (nSPS) is 15.5. The molecule has 1 atom stereocenters. The molecule has 0 aromatic heterocycles. The zero-order valence-corrected chi connectivity index (χ0v) is 13.1. The van der Waals surface area contributed by atoms with Gasteiger partial charge in [-0.3, -0.25) is 0 Å². The zero-order chi connectivity index (χ0) is 13.3. The molecular formula is C14H31NOS. The molecule has 0 aromatic rings. The van der Waals surface area contributed by atoms with Gasteiger partial charge in [0.1, 0.15) is 0 Å². The van der Waals surface area contributed by atoms with Crippen molar-refractivity contribution in [2.45, 2.75) is 65.5 Å². The molecule has 0 radical (unpaired) electrons. The maximum atomic E-state index is 9.44. The highest BCUT2D eigenvalue weighted by Gasteiger charge is 2.22. The highest BCUT2D eigenvalue weighted by atomic mass is 32.2. The Balaban J connectivity index is 3.62. The minimum absolute atomic E-state index is 0.100. The highest BCUT2D eigenvalue weighted by molar-refractivity contribution is 7.99. The van der Waals surface area contributed by atoms with Gasteiger partial charge in [0.15, 0.2) is 0 Å². The molecule has 0 fully saturated rings. The zero-order valence-electron chi connectivity index (χ0n) is 12.3. The topological polar surface area (TPSA) is 32.3 Å². The average Bonchev–Trinajstić information content (AvgIpc) is 2.22. The number of hydrogen-bond acceptors (Lipinski definition) is 3. The Kier molecular flexibility index (Phi) is 9.38. The van der Waals surface area contributed by atoms with E-state index in [2.05, 4.69) is 51.7 Å². The van der Waals surface area contributed by atoms with Crippen molar-refractivity contribution in [1.29, 1.82) is 0 Å². The number of hydrogen-bond donors (Lipinski definition) is 2. The molecule has 0 spiro atoms. The van der Waals surface area contributed by atoms with Crippen LogP contribution < -0.4 is 5.32 Å². The van der Waals surface area contributed by atoms with Gasteiger partial charge in [-0.15, -0.1) is 0 Å². The predicted molar refractivity (Wildman–Crippen MR) is 79.8 cm³/mol. The fourth-order valence-corrected chi connectivity index (χ4v) is 2.98. The van der Waals surface area contributed by atoms with Crippen LogP contribution >= 0.6 is 11.8 Å². The summed E-state index contributed by atoms with van der Waals surface area (Å²) >= 11 is 2.05. The van der Waals surface area contributed by atoms with Crippen molar-refractivity contribution in [3.8, 4) is 0 Å². The second kappa shape index (κ2) is 9.23. The van der Waals surface area contributed by atoms with Crippen LogP contribution in [0.25, 0.3) is 0 Å². The smallest absolute Gasteiger partial charge is 0.0610 e. The molecule has 104 valence electrons. The molecule has 2 N–H and O–H groups in total. The van der Waals surface area contributed by atoms with E-state index < -0.39 is 0 Å². The van der Waals surface area contributed by atoms with E-state index in [1.165, 1.54) is 24.3 Å². The lowest BCUT2D eigenvalue weighted by Crippen LogP contribution is -2.49. The van der Waals surface area contributed by atoms with Crippen molar-refractivity contribution in [2.24, 2.45) is 5.92 Å². The SMILES string of the molecule is CC(C)CSCCCCC(C)(CO)NC(C)C. The molecule has 3 heteroatoms. The van der Waals surface area contributed by atoms with Crippen molar-refractivity contribution in [3.63, 3.8) is 0 Å². The van der Waals surface area contributed by atoms with E-state index >= 15 is 0 Å². The van der Waals surface area contributed by atoms with Gasteiger partial charge >= 0.3 is 0 Å². The van der Waals surface area contributed by atoms with E-state index in [1.807, 2.05) is 0 Å². The van der Waals surface area contributed by atoms with Crippen LogP contribution in [0.5, 0.6) is 0 Å². The van der Waals surface area contributed by atoms with E-state index in [4.69, 9.17) is 0 Å². The summed E-state index contributed by atoms with van der Waals surface area (Å²) in [5.74, 6) is 3.31. The third kappa shape index (κ3) is 9.93. The minimum Gasteiger partial charge on any atom is -0.394 e. The first-order chi connectivity index (χ1) is 7.89. The second-order valence-corrected chi connectivity index (χ2v) is 7.09. The summed E-state index contributed by atoms with van der Waals surface area (Å²) in [6.07, 6.45) is 3.51. The third-order valence-corrected chi connectivity index (χ3v) is 4.18. The van der Waals surface area contributed by atoms with Crippen LogP contribution in [0.15, 0.2) is 0 Å². The lowest BCUT2D eigenvalue weighted by atomic mass is 9.95. The lowest BCUT2D eigenvalue weighted by molar-refractivity contribution is 0.154. The van der Waals surface area contributed by atoms with E-state index in [1.54, 1.807) is 0 Å². The van der Waals surface area contributed by atoms with Crippen LogP contribution in [0.3, 0.4) is 0 Å². The fraction of sp³-hybridized carbons (Fsp3) is 1.00. The molecule has 0 aliphatic carbocycles. The summed E-state index contributed by atoms with van der Waals surface area (Å²) in [6, 6.07) is 0.433. The third-order valence-electron chi connectivity index (χ3n) is 2.70. The van der Waals surface area contributed by atoms with Crippen molar-refractivity contribution >= 4 is 11.8 Å². The second-order valence-electron chi connectivity index (χ2n) is 5.94. The highest BCUT2D eigenvalue weighted by Crippen LogP contribution is 2.17. The van der Waals surface area contributed by atoms with Gasteiger partial charge < -0.3 is 10.4 Å². The maximum absolute atomic E-state index is 9.44. The summed E-state index contributed by atoms with van der Waals surface area (Å²) < 4.78 is 0. The number of thioether (sulfide) groups is 1. The van der Waals surface area contributed by atoms with E-state index in [0.29, 0.717) is 6.04 Å². The van der Waals surface area contributed by atoms with Gasteiger partial charge in [0.2, 0.25) is 0 Å². The van der Waals surface area contributed by atoms with Gasteiger partial charge in [0.25, 0.3) is 0 Å². The quantitative estimate of drug-likeness (QED) is 0.592. The molecule has 0 aromatic carbocycles. The lowest BCUT2D eigenvalue weighted by Gasteiger charge is -2.31. The molecule has 0 aliphatic heterocycles. The van der Waals surface area contributed by atoms with Crippen molar-refractivity contribution in [1.82, 2.24) is 5.32 Å². The van der Waals surface area contributed by atoms with E-state index in [0.717, 1.165) is 12.3 Å². The molecule has 0 bridgehead atoms. The Morgan fingerprint density at radius 2 is 1.82 bits per heavy atom. The number of nitrogens with one attached hydrogen (secondary N) is 1. The van der Waals surface area contributed by atoms with Crippen LogP contribution in [0.1, 0.15) is 53.9 Å². The fourth-order valence-electron chi connectivity index (χ4n) is 1.93. The standard InChI is InChI=1S/C14H31NOS/c1-12(2)10-17-9-7-6-8-14(5,11-16)15-13(3)4/h12-13,15-16H,6-11H2,1-5H3. The van der Waals surface area contributed by atoms with Gasteiger partial charge in [-0.2, -0.15) is 11.8 Å². The molecular weight excluding hydrogens is 230 g/mol. The molecule has 2 nitrogen and oxygen atoms in total. The largest absolute Gasteiger partial charge is 0.394 e.